The fourth-order valence-corrected chi connectivity index (χ4v) is 1.13. The summed E-state index contributed by atoms with van der Waals surface area (Å²) < 4.78 is 9.82. The lowest BCUT2D eigenvalue weighted by Crippen LogP contribution is -1.82. The van der Waals surface area contributed by atoms with Gasteiger partial charge >= 0.3 is 5.95 Å². The van der Waals surface area contributed by atoms with E-state index in [9.17, 15) is 0 Å². The van der Waals surface area contributed by atoms with Crippen LogP contribution in [0.2, 0.25) is 0 Å². The SMILES string of the molecule is COc1on[c]c1-c1ccccc1. The molecule has 1 radical (unpaired) electrons. The van der Waals surface area contributed by atoms with Gasteiger partial charge in [-0.15, -0.1) is 0 Å². The molecule has 0 fully saturated rings. The Labute approximate surface area is 75.9 Å². The van der Waals surface area contributed by atoms with Gasteiger partial charge in [-0.2, -0.15) is 0 Å². The van der Waals surface area contributed by atoms with Crippen LogP contribution in [0.25, 0.3) is 11.1 Å². The molecule has 0 unspecified atom stereocenters. The van der Waals surface area contributed by atoms with Gasteiger partial charge in [-0.05, 0) is 5.56 Å². The van der Waals surface area contributed by atoms with Crippen molar-refractivity contribution in [3.05, 3.63) is 36.5 Å². The smallest absolute Gasteiger partial charge is 0.319 e. The summed E-state index contributed by atoms with van der Waals surface area (Å²) in [5.74, 6) is 0.395. The molecule has 0 saturated heterocycles. The first-order valence-electron chi connectivity index (χ1n) is 3.88. The maximum absolute atomic E-state index is 4.98. The molecule has 0 saturated carbocycles. The number of methoxy groups -OCH3 is 1. The van der Waals surface area contributed by atoms with Crippen LogP contribution in [0, 0.1) is 6.20 Å². The van der Waals surface area contributed by atoms with Crippen molar-refractivity contribution in [2.75, 3.05) is 7.11 Å². The third-order valence-electron chi connectivity index (χ3n) is 1.74. The van der Waals surface area contributed by atoms with E-state index in [0.29, 0.717) is 5.95 Å². The van der Waals surface area contributed by atoms with E-state index in [1.165, 1.54) is 0 Å². The molecule has 1 aromatic heterocycles. The van der Waals surface area contributed by atoms with E-state index in [1.807, 2.05) is 30.3 Å². The Morgan fingerprint density at radius 2 is 2.08 bits per heavy atom. The van der Waals surface area contributed by atoms with Gasteiger partial charge in [-0.25, -0.2) is 0 Å². The molecule has 65 valence electrons. The molecule has 2 aromatic rings. The van der Waals surface area contributed by atoms with E-state index in [2.05, 4.69) is 11.4 Å². The molecule has 3 heteroatoms. The molecule has 0 bridgehead atoms. The molecule has 13 heavy (non-hydrogen) atoms. The first-order valence-corrected chi connectivity index (χ1v) is 3.88. The van der Waals surface area contributed by atoms with Crippen LogP contribution in [0.4, 0.5) is 0 Å². The highest BCUT2D eigenvalue weighted by Crippen LogP contribution is 2.28. The summed E-state index contributed by atoms with van der Waals surface area (Å²) in [6.07, 6.45) is 2.73. The number of hydrogen-bond donors (Lipinski definition) is 0. The van der Waals surface area contributed by atoms with Gasteiger partial charge in [0.25, 0.3) is 0 Å². The minimum atomic E-state index is 0.395. The van der Waals surface area contributed by atoms with Gasteiger partial charge in [0.05, 0.1) is 12.7 Å². The van der Waals surface area contributed by atoms with Crippen molar-refractivity contribution < 1.29 is 9.26 Å². The highest BCUT2D eigenvalue weighted by molar-refractivity contribution is 5.65. The van der Waals surface area contributed by atoms with Crippen molar-refractivity contribution >= 4 is 0 Å². The molecule has 0 N–H and O–H groups in total. The van der Waals surface area contributed by atoms with Gasteiger partial charge in [0.15, 0.2) is 0 Å². The first kappa shape index (κ1) is 7.86. The molecule has 1 aromatic carbocycles. The third-order valence-corrected chi connectivity index (χ3v) is 1.74. The van der Waals surface area contributed by atoms with Gasteiger partial charge in [0.2, 0.25) is 0 Å². The van der Waals surface area contributed by atoms with Gasteiger partial charge in [0, 0.05) is 0 Å². The Morgan fingerprint density at radius 3 is 2.77 bits per heavy atom. The quantitative estimate of drug-likeness (QED) is 0.699. The Kier molecular flexibility index (Phi) is 2.00. The zero-order chi connectivity index (χ0) is 9.10. The molecule has 0 aliphatic heterocycles. The maximum Gasteiger partial charge on any atom is 0.319 e. The van der Waals surface area contributed by atoms with E-state index in [0.717, 1.165) is 11.1 Å². The van der Waals surface area contributed by atoms with Crippen LogP contribution in [0.15, 0.2) is 34.9 Å². The Hall–Kier alpha value is -1.77. The largest absolute Gasteiger partial charge is 0.467 e. The fourth-order valence-electron chi connectivity index (χ4n) is 1.13. The molecular weight excluding hydrogens is 166 g/mol. The molecule has 0 aliphatic rings. The molecule has 0 aliphatic carbocycles. The van der Waals surface area contributed by atoms with Crippen molar-refractivity contribution in [1.82, 2.24) is 5.16 Å². The topological polar surface area (TPSA) is 35.3 Å². The molecule has 0 amide bonds. The van der Waals surface area contributed by atoms with Gasteiger partial charge in [0.1, 0.15) is 6.20 Å². The van der Waals surface area contributed by atoms with Crippen LogP contribution in [0.3, 0.4) is 0 Å². The fraction of sp³-hybridized carbons (Fsp3) is 0.100. The van der Waals surface area contributed by atoms with E-state index in [-0.39, 0.29) is 0 Å². The van der Waals surface area contributed by atoms with Crippen LogP contribution >= 0.6 is 0 Å². The monoisotopic (exact) mass is 174 g/mol. The van der Waals surface area contributed by atoms with Gasteiger partial charge in [-0.3, -0.25) is 0 Å². The average Bonchev–Trinajstić information content (AvgIpc) is 2.67. The number of rotatable bonds is 2. The lowest BCUT2D eigenvalue weighted by atomic mass is 10.1. The highest BCUT2D eigenvalue weighted by atomic mass is 16.6. The summed E-state index contributed by atoms with van der Waals surface area (Å²) in [4.78, 5) is 0. The Morgan fingerprint density at radius 1 is 1.31 bits per heavy atom. The zero-order valence-corrected chi connectivity index (χ0v) is 7.15. The number of benzene rings is 1. The van der Waals surface area contributed by atoms with Crippen LogP contribution in [0.5, 0.6) is 5.95 Å². The normalized spacial score (nSPS) is 9.92. The second-order valence-corrected chi connectivity index (χ2v) is 2.53. The molecular formula is C10H8NO2. The van der Waals surface area contributed by atoms with Crippen molar-refractivity contribution in [3.63, 3.8) is 0 Å². The molecule has 3 nitrogen and oxygen atoms in total. The minimum Gasteiger partial charge on any atom is -0.467 e. The van der Waals surface area contributed by atoms with Crippen LogP contribution in [-0.2, 0) is 0 Å². The predicted octanol–water partition coefficient (Wildman–Crippen LogP) is 2.15. The third kappa shape index (κ3) is 1.40. The number of hydrogen-bond acceptors (Lipinski definition) is 3. The summed E-state index contributed by atoms with van der Waals surface area (Å²) in [6.45, 7) is 0. The number of aromatic nitrogens is 1. The van der Waals surface area contributed by atoms with Crippen molar-refractivity contribution in [2.45, 2.75) is 0 Å². The first-order chi connectivity index (χ1) is 6.42. The van der Waals surface area contributed by atoms with E-state index >= 15 is 0 Å². The summed E-state index contributed by atoms with van der Waals surface area (Å²) in [6, 6.07) is 9.73. The van der Waals surface area contributed by atoms with E-state index < -0.39 is 0 Å². The minimum absolute atomic E-state index is 0.395. The van der Waals surface area contributed by atoms with Crippen molar-refractivity contribution in [2.24, 2.45) is 0 Å². The summed E-state index contributed by atoms with van der Waals surface area (Å²) in [7, 11) is 1.54. The lowest BCUT2D eigenvalue weighted by molar-refractivity contribution is 0.261. The lowest BCUT2D eigenvalue weighted by Gasteiger charge is -1.97. The maximum atomic E-state index is 4.98. The van der Waals surface area contributed by atoms with Crippen LogP contribution in [0.1, 0.15) is 0 Å². The van der Waals surface area contributed by atoms with Crippen LogP contribution < -0.4 is 4.74 Å². The summed E-state index contributed by atoms with van der Waals surface area (Å²) in [5, 5.41) is 3.54. The standard InChI is InChI=1S/C10H8NO2/c1-12-10-9(7-11-13-10)8-5-3-2-4-6-8/h2-6H,1H3. The Bertz CT molecular complexity index is 381. The van der Waals surface area contributed by atoms with Crippen LogP contribution in [-0.4, -0.2) is 12.3 Å². The van der Waals surface area contributed by atoms with Gasteiger partial charge < -0.3 is 9.26 Å². The molecule has 0 atom stereocenters. The van der Waals surface area contributed by atoms with Gasteiger partial charge in [-0.1, -0.05) is 35.5 Å². The highest BCUT2D eigenvalue weighted by Gasteiger charge is 2.09. The summed E-state index contributed by atoms with van der Waals surface area (Å²) in [5.41, 5.74) is 1.74. The molecule has 0 spiro atoms. The van der Waals surface area contributed by atoms with E-state index in [1.54, 1.807) is 7.11 Å². The molecule has 1 heterocycles. The van der Waals surface area contributed by atoms with E-state index in [4.69, 9.17) is 9.26 Å². The summed E-state index contributed by atoms with van der Waals surface area (Å²) >= 11 is 0. The number of nitrogens with zero attached hydrogens (tertiary/aromatic N) is 1. The second kappa shape index (κ2) is 3.31. The Balaban J connectivity index is 2.47. The molecule has 2 rings (SSSR count). The predicted molar refractivity (Wildman–Crippen MR) is 47.3 cm³/mol. The van der Waals surface area contributed by atoms with Crippen molar-refractivity contribution in [3.8, 4) is 17.1 Å². The average molecular weight is 174 g/mol. The zero-order valence-electron chi connectivity index (χ0n) is 7.15. The second-order valence-electron chi connectivity index (χ2n) is 2.53. The van der Waals surface area contributed by atoms with Crippen molar-refractivity contribution in [1.29, 1.82) is 0 Å². The number of ether oxygens (including phenoxy) is 1.